The molecule has 2 N–H and O–H groups in total. The van der Waals surface area contributed by atoms with Gasteiger partial charge in [-0.15, -0.1) is 0 Å². The van der Waals surface area contributed by atoms with Gasteiger partial charge < -0.3 is 15.2 Å². The molecule has 1 fully saturated rings. The molecule has 5 nitrogen and oxygen atoms in total. The van der Waals surface area contributed by atoms with Crippen LogP contribution in [-0.4, -0.2) is 28.7 Å². The van der Waals surface area contributed by atoms with E-state index in [9.17, 15) is 9.90 Å². The predicted molar refractivity (Wildman–Crippen MR) is 66.1 cm³/mol. The normalized spacial score (nSPS) is 17.4. The Bertz CT molecular complexity index is 428. The fraction of sp³-hybridized carbons (Fsp3) is 0.538. The molecule has 0 radical (unpaired) electrons. The fourth-order valence-corrected chi connectivity index (χ4v) is 2.19. The van der Waals surface area contributed by atoms with Crippen LogP contribution in [0.25, 0.3) is 0 Å². The monoisotopic (exact) mass is 250 g/mol. The number of amides is 1. The van der Waals surface area contributed by atoms with Crippen molar-refractivity contribution in [2.24, 2.45) is 0 Å². The molecule has 1 aromatic heterocycles. The average molecular weight is 250 g/mol. The van der Waals surface area contributed by atoms with Gasteiger partial charge in [0.15, 0.2) is 0 Å². The minimum atomic E-state index is -1.18. The van der Waals surface area contributed by atoms with Crippen molar-refractivity contribution < 1.29 is 14.6 Å². The van der Waals surface area contributed by atoms with Crippen molar-refractivity contribution in [1.82, 2.24) is 10.3 Å². The second-order valence-corrected chi connectivity index (χ2v) is 4.59. The van der Waals surface area contributed by atoms with Crippen LogP contribution in [0.1, 0.15) is 31.4 Å². The summed E-state index contributed by atoms with van der Waals surface area (Å²) in [6.45, 7) is 0.304. The lowest BCUT2D eigenvalue weighted by atomic mass is 10.0. The topological polar surface area (TPSA) is 71.5 Å². The molecule has 0 bridgehead atoms. The molecule has 0 unspecified atom stereocenters. The van der Waals surface area contributed by atoms with Gasteiger partial charge in [-0.2, -0.15) is 0 Å². The van der Waals surface area contributed by atoms with Crippen LogP contribution in [0.3, 0.4) is 0 Å². The molecule has 0 atom stereocenters. The van der Waals surface area contributed by atoms with Gasteiger partial charge in [0.2, 0.25) is 5.88 Å². The molecular formula is C13H18N2O3. The van der Waals surface area contributed by atoms with Crippen molar-refractivity contribution in [2.75, 3.05) is 7.11 Å². The number of carbonyl (C=O) groups is 1. The van der Waals surface area contributed by atoms with Crippen molar-refractivity contribution >= 4 is 5.91 Å². The lowest BCUT2D eigenvalue weighted by Gasteiger charge is -2.20. The number of nitrogens with zero attached hydrogens (tertiary/aromatic N) is 1. The van der Waals surface area contributed by atoms with Gasteiger partial charge >= 0.3 is 0 Å². The lowest BCUT2D eigenvalue weighted by molar-refractivity contribution is -0.139. The van der Waals surface area contributed by atoms with E-state index in [0.29, 0.717) is 31.0 Å². The number of nitrogens with one attached hydrogen (secondary N) is 1. The lowest BCUT2D eigenvalue weighted by Crippen LogP contribution is -2.44. The maximum atomic E-state index is 11.9. The van der Waals surface area contributed by atoms with Gasteiger partial charge in [0.25, 0.3) is 5.91 Å². The van der Waals surface area contributed by atoms with Gasteiger partial charge in [0.1, 0.15) is 5.60 Å². The number of hydrogen-bond acceptors (Lipinski definition) is 4. The van der Waals surface area contributed by atoms with E-state index in [1.54, 1.807) is 13.2 Å². The third-order valence-corrected chi connectivity index (χ3v) is 3.27. The highest BCUT2D eigenvalue weighted by Gasteiger charge is 2.38. The van der Waals surface area contributed by atoms with Crippen LogP contribution in [0, 0.1) is 0 Å². The minimum absolute atomic E-state index is 0.301. The standard InChI is InChI=1S/C13H18N2O3/c1-18-11-6-4-5-10(15-11)9-14-12(16)13(17)7-2-3-8-13/h4-6,17H,2-3,7-9H2,1H3,(H,14,16). The Balaban J connectivity index is 1.92. The van der Waals surface area contributed by atoms with Gasteiger partial charge in [-0.25, -0.2) is 4.98 Å². The number of methoxy groups -OCH3 is 1. The van der Waals surface area contributed by atoms with E-state index in [-0.39, 0.29) is 5.91 Å². The molecule has 1 amide bonds. The Morgan fingerprint density at radius 3 is 2.89 bits per heavy atom. The summed E-state index contributed by atoms with van der Waals surface area (Å²) in [4.78, 5) is 16.1. The third-order valence-electron chi connectivity index (χ3n) is 3.27. The maximum Gasteiger partial charge on any atom is 0.252 e. The Morgan fingerprint density at radius 2 is 2.22 bits per heavy atom. The maximum absolute atomic E-state index is 11.9. The summed E-state index contributed by atoms with van der Waals surface area (Å²) in [5.41, 5.74) is -0.469. The summed E-state index contributed by atoms with van der Waals surface area (Å²) < 4.78 is 5.01. The van der Waals surface area contributed by atoms with Gasteiger partial charge in [-0.05, 0) is 31.7 Å². The molecule has 1 aliphatic rings. The van der Waals surface area contributed by atoms with Crippen molar-refractivity contribution in [3.63, 3.8) is 0 Å². The van der Waals surface area contributed by atoms with Crippen LogP contribution >= 0.6 is 0 Å². The van der Waals surface area contributed by atoms with Crippen LogP contribution < -0.4 is 10.1 Å². The highest BCUT2D eigenvalue weighted by Crippen LogP contribution is 2.29. The highest BCUT2D eigenvalue weighted by atomic mass is 16.5. The Hall–Kier alpha value is -1.62. The van der Waals surface area contributed by atoms with Crippen LogP contribution in [0.4, 0.5) is 0 Å². The van der Waals surface area contributed by atoms with Crippen molar-refractivity contribution in [2.45, 2.75) is 37.8 Å². The van der Waals surface area contributed by atoms with Crippen LogP contribution in [0.15, 0.2) is 18.2 Å². The van der Waals surface area contributed by atoms with E-state index in [2.05, 4.69) is 10.3 Å². The summed E-state index contributed by atoms with van der Waals surface area (Å²) in [5.74, 6) is 0.214. The first-order valence-corrected chi connectivity index (χ1v) is 6.15. The number of aliphatic hydroxyl groups is 1. The fourth-order valence-electron chi connectivity index (χ4n) is 2.19. The molecule has 0 saturated heterocycles. The van der Waals surface area contributed by atoms with Crippen molar-refractivity contribution in [3.8, 4) is 5.88 Å². The molecule has 98 valence electrons. The number of carbonyl (C=O) groups excluding carboxylic acids is 1. The second kappa shape index (κ2) is 5.35. The molecule has 1 saturated carbocycles. The zero-order chi connectivity index (χ0) is 13.0. The predicted octanol–water partition coefficient (Wildman–Crippen LogP) is 1.01. The Kier molecular flexibility index (Phi) is 3.81. The van der Waals surface area contributed by atoms with Gasteiger partial charge in [0, 0.05) is 6.07 Å². The van der Waals surface area contributed by atoms with E-state index in [4.69, 9.17) is 4.74 Å². The molecule has 2 rings (SSSR count). The number of pyridine rings is 1. The highest BCUT2D eigenvalue weighted by molar-refractivity contribution is 5.85. The van der Waals surface area contributed by atoms with Crippen molar-refractivity contribution in [1.29, 1.82) is 0 Å². The molecule has 0 spiro atoms. The van der Waals surface area contributed by atoms with Gasteiger partial charge in [0.05, 0.1) is 19.3 Å². The largest absolute Gasteiger partial charge is 0.481 e. The van der Waals surface area contributed by atoms with E-state index < -0.39 is 5.60 Å². The zero-order valence-corrected chi connectivity index (χ0v) is 10.5. The summed E-state index contributed by atoms with van der Waals surface area (Å²) in [6.07, 6.45) is 2.90. The number of rotatable bonds is 4. The molecule has 1 aliphatic carbocycles. The molecule has 1 heterocycles. The number of ether oxygens (including phenoxy) is 1. The van der Waals surface area contributed by atoms with Crippen LogP contribution in [0.5, 0.6) is 5.88 Å². The smallest absolute Gasteiger partial charge is 0.252 e. The second-order valence-electron chi connectivity index (χ2n) is 4.59. The summed E-state index contributed by atoms with van der Waals surface area (Å²) >= 11 is 0. The first-order valence-electron chi connectivity index (χ1n) is 6.15. The quantitative estimate of drug-likeness (QED) is 0.836. The van der Waals surface area contributed by atoms with Crippen molar-refractivity contribution in [3.05, 3.63) is 23.9 Å². The van der Waals surface area contributed by atoms with Gasteiger partial charge in [-0.3, -0.25) is 4.79 Å². The average Bonchev–Trinajstić information content (AvgIpc) is 2.84. The molecule has 5 heteroatoms. The van der Waals surface area contributed by atoms with E-state index in [0.717, 1.165) is 12.8 Å². The molecule has 1 aromatic rings. The number of aromatic nitrogens is 1. The summed E-state index contributed by atoms with van der Waals surface area (Å²) in [6, 6.07) is 5.37. The van der Waals surface area contributed by atoms with E-state index in [1.165, 1.54) is 0 Å². The zero-order valence-electron chi connectivity index (χ0n) is 10.5. The minimum Gasteiger partial charge on any atom is -0.481 e. The summed E-state index contributed by atoms with van der Waals surface area (Å²) in [7, 11) is 1.55. The number of hydrogen-bond donors (Lipinski definition) is 2. The first kappa shape index (κ1) is 12.8. The Morgan fingerprint density at radius 1 is 1.50 bits per heavy atom. The van der Waals surface area contributed by atoms with E-state index >= 15 is 0 Å². The molecule has 0 aromatic carbocycles. The third kappa shape index (κ3) is 2.79. The Labute approximate surface area is 106 Å². The molecule has 18 heavy (non-hydrogen) atoms. The molecule has 0 aliphatic heterocycles. The van der Waals surface area contributed by atoms with Gasteiger partial charge in [-0.1, -0.05) is 6.07 Å². The SMILES string of the molecule is COc1cccc(CNC(=O)C2(O)CCCC2)n1. The van der Waals surface area contributed by atoms with Crippen LogP contribution in [0.2, 0.25) is 0 Å². The molecular weight excluding hydrogens is 232 g/mol. The summed E-state index contributed by atoms with van der Waals surface area (Å²) in [5, 5.41) is 12.8. The van der Waals surface area contributed by atoms with E-state index in [1.807, 2.05) is 12.1 Å². The van der Waals surface area contributed by atoms with Crippen LogP contribution in [-0.2, 0) is 11.3 Å². The first-order chi connectivity index (χ1) is 8.64.